The number of amides is 1. The number of aromatic amines is 1. The number of H-pyrrole nitrogens is 1. The highest BCUT2D eigenvalue weighted by molar-refractivity contribution is 5.98. The predicted molar refractivity (Wildman–Crippen MR) is 137 cm³/mol. The molecule has 0 atom stereocenters. The highest BCUT2D eigenvalue weighted by atomic mass is 16.5. The molecule has 2 aliphatic heterocycles. The minimum atomic E-state index is 0.109. The normalized spacial score (nSPS) is 18.6. The Morgan fingerprint density at radius 3 is 2.41 bits per heavy atom. The molecular formula is C29H37N3O2. The van der Waals surface area contributed by atoms with Gasteiger partial charge < -0.3 is 19.5 Å². The smallest absolute Gasteiger partial charge is 0.270 e. The van der Waals surface area contributed by atoms with Crippen LogP contribution < -0.4 is 4.74 Å². The fraction of sp³-hybridized carbons (Fsp3) is 0.483. The number of ether oxygens (including phenoxy) is 1. The summed E-state index contributed by atoms with van der Waals surface area (Å²) in [5.41, 5.74) is 3.06. The number of carbonyl (C=O) groups excluding carboxylic acids is 1. The summed E-state index contributed by atoms with van der Waals surface area (Å²) in [6.45, 7) is 8.36. The zero-order valence-electron chi connectivity index (χ0n) is 20.5. The Kier molecular flexibility index (Phi) is 6.91. The molecule has 5 rings (SSSR count). The second kappa shape index (κ2) is 10.2. The van der Waals surface area contributed by atoms with Crippen LogP contribution in [0.2, 0.25) is 0 Å². The van der Waals surface area contributed by atoms with E-state index in [1.807, 2.05) is 23.1 Å². The van der Waals surface area contributed by atoms with Crippen LogP contribution in [0.25, 0.3) is 10.9 Å². The molecule has 1 aromatic heterocycles. The Balaban J connectivity index is 1.17. The number of nitrogens with one attached hydrogen (secondary N) is 1. The Hall–Kier alpha value is -2.79. The summed E-state index contributed by atoms with van der Waals surface area (Å²) in [5.74, 6) is 1.66. The van der Waals surface area contributed by atoms with E-state index in [2.05, 4.69) is 60.1 Å². The zero-order valence-corrected chi connectivity index (χ0v) is 20.5. The van der Waals surface area contributed by atoms with Gasteiger partial charge in [-0.1, -0.05) is 30.3 Å². The Labute approximate surface area is 203 Å². The second-order valence-corrected chi connectivity index (χ2v) is 10.3. The standard InChI is InChI=1S/C29H37N3O2/c1-21(2)31-16-12-25(13-17-31)34-26-8-9-27-24(19-26)20-28(30-27)29(33)32-14-10-23(11-15-32)18-22-6-4-3-5-7-22/h3-9,19-21,23,25,30H,10-18H2,1-2H3. The van der Waals surface area contributed by atoms with Crippen molar-refractivity contribution in [3.63, 3.8) is 0 Å². The van der Waals surface area contributed by atoms with Crippen molar-refractivity contribution in [3.05, 3.63) is 65.9 Å². The van der Waals surface area contributed by atoms with E-state index in [1.165, 1.54) is 5.56 Å². The number of fused-ring (bicyclic) bond motifs is 1. The highest BCUT2D eigenvalue weighted by Crippen LogP contribution is 2.27. The first-order valence-electron chi connectivity index (χ1n) is 12.9. The highest BCUT2D eigenvalue weighted by Gasteiger charge is 2.25. The van der Waals surface area contributed by atoms with Crippen molar-refractivity contribution in [2.75, 3.05) is 26.2 Å². The van der Waals surface area contributed by atoms with E-state index in [0.29, 0.717) is 17.7 Å². The van der Waals surface area contributed by atoms with E-state index >= 15 is 0 Å². The summed E-state index contributed by atoms with van der Waals surface area (Å²) in [6, 6.07) is 19.4. The first-order chi connectivity index (χ1) is 16.5. The number of aromatic nitrogens is 1. The van der Waals surface area contributed by atoms with Gasteiger partial charge >= 0.3 is 0 Å². The van der Waals surface area contributed by atoms with Gasteiger partial charge in [-0.3, -0.25) is 4.79 Å². The molecule has 0 bridgehead atoms. The third-order valence-corrected chi connectivity index (χ3v) is 7.60. The van der Waals surface area contributed by atoms with Crippen LogP contribution in [0.1, 0.15) is 55.6 Å². The van der Waals surface area contributed by atoms with Crippen molar-refractivity contribution in [3.8, 4) is 5.75 Å². The largest absolute Gasteiger partial charge is 0.490 e. The maximum atomic E-state index is 13.2. The van der Waals surface area contributed by atoms with E-state index in [-0.39, 0.29) is 12.0 Å². The summed E-state index contributed by atoms with van der Waals surface area (Å²) < 4.78 is 6.30. The van der Waals surface area contributed by atoms with E-state index in [9.17, 15) is 4.79 Å². The van der Waals surface area contributed by atoms with Crippen molar-refractivity contribution in [1.82, 2.24) is 14.8 Å². The first-order valence-corrected chi connectivity index (χ1v) is 12.9. The molecule has 3 aromatic rings. The van der Waals surface area contributed by atoms with E-state index in [1.54, 1.807) is 0 Å². The minimum Gasteiger partial charge on any atom is -0.490 e. The van der Waals surface area contributed by atoms with E-state index in [0.717, 1.165) is 74.9 Å². The SMILES string of the molecule is CC(C)N1CCC(Oc2ccc3[nH]c(C(=O)N4CCC(Cc5ccccc5)CC4)cc3c2)CC1. The second-order valence-electron chi connectivity index (χ2n) is 10.3. The van der Waals surface area contributed by atoms with Crippen molar-refractivity contribution in [2.45, 2.75) is 58.1 Å². The average Bonchev–Trinajstić information content (AvgIpc) is 3.28. The van der Waals surface area contributed by atoms with E-state index < -0.39 is 0 Å². The lowest BCUT2D eigenvalue weighted by Crippen LogP contribution is -2.41. The molecule has 0 spiro atoms. The summed E-state index contributed by atoms with van der Waals surface area (Å²) in [7, 11) is 0. The lowest BCUT2D eigenvalue weighted by atomic mass is 9.90. The number of benzene rings is 2. The lowest BCUT2D eigenvalue weighted by molar-refractivity contribution is 0.0685. The molecule has 1 N–H and O–H groups in total. The van der Waals surface area contributed by atoms with Crippen LogP contribution >= 0.6 is 0 Å². The zero-order chi connectivity index (χ0) is 23.5. The Morgan fingerprint density at radius 1 is 0.971 bits per heavy atom. The van der Waals surface area contributed by atoms with Gasteiger partial charge in [0.05, 0.1) is 0 Å². The molecule has 0 unspecified atom stereocenters. The van der Waals surface area contributed by atoms with Gasteiger partial charge in [0.2, 0.25) is 0 Å². The molecule has 34 heavy (non-hydrogen) atoms. The summed E-state index contributed by atoms with van der Waals surface area (Å²) in [5, 5.41) is 1.04. The van der Waals surface area contributed by atoms with Gasteiger partial charge in [0.15, 0.2) is 0 Å². The van der Waals surface area contributed by atoms with Gasteiger partial charge in [0.25, 0.3) is 5.91 Å². The topological polar surface area (TPSA) is 48.6 Å². The van der Waals surface area contributed by atoms with Crippen molar-refractivity contribution < 1.29 is 9.53 Å². The van der Waals surface area contributed by atoms with Crippen molar-refractivity contribution in [1.29, 1.82) is 0 Å². The maximum Gasteiger partial charge on any atom is 0.270 e. The molecule has 0 radical (unpaired) electrons. The Bertz CT molecular complexity index is 1090. The number of nitrogens with zero attached hydrogens (tertiary/aromatic N) is 2. The summed E-state index contributed by atoms with van der Waals surface area (Å²) >= 11 is 0. The number of likely N-dealkylation sites (tertiary alicyclic amines) is 2. The van der Waals surface area contributed by atoms with Crippen LogP contribution in [0.5, 0.6) is 5.75 Å². The first kappa shape index (κ1) is 23.0. The molecule has 5 nitrogen and oxygen atoms in total. The molecule has 3 heterocycles. The predicted octanol–water partition coefficient (Wildman–Crippen LogP) is 5.51. The quantitative estimate of drug-likeness (QED) is 0.528. The van der Waals surface area contributed by atoms with Crippen LogP contribution in [0.15, 0.2) is 54.6 Å². The van der Waals surface area contributed by atoms with Crippen LogP contribution in [0, 0.1) is 5.92 Å². The van der Waals surface area contributed by atoms with Crippen molar-refractivity contribution in [2.24, 2.45) is 5.92 Å². The molecule has 1 amide bonds. The number of hydrogen-bond acceptors (Lipinski definition) is 3. The average molecular weight is 460 g/mol. The number of carbonyl (C=O) groups is 1. The molecule has 0 aliphatic carbocycles. The van der Waals surface area contributed by atoms with Crippen LogP contribution in [-0.4, -0.2) is 59.0 Å². The Morgan fingerprint density at radius 2 is 1.71 bits per heavy atom. The minimum absolute atomic E-state index is 0.109. The molecule has 0 saturated carbocycles. The molecule has 2 aromatic carbocycles. The van der Waals surface area contributed by atoms with E-state index in [4.69, 9.17) is 4.74 Å². The van der Waals surface area contributed by atoms with Crippen LogP contribution in [0.4, 0.5) is 0 Å². The maximum absolute atomic E-state index is 13.2. The third kappa shape index (κ3) is 5.30. The van der Waals surface area contributed by atoms with Gasteiger partial charge in [-0.05, 0) is 81.7 Å². The third-order valence-electron chi connectivity index (χ3n) is 7.60. The monoisotopic (exact) mass is 459 g/mol. The van der Waals surface area contributed by atoms with Crippen LogP contribution in [-0.2, 0) is 6.42 Å². The summed E-state index contributed by atoms with van der Waals surface area (Å²) in [4.78, 5) is 21.0. The van der Waals surface area contributed by atoms with Gasteiger partial charge in [0, 0.05) is 43.1 Å². The lowest BCUT2D eigenvalue weighted by Gasteiger charge is -2.34. The van der Waals surface area contributed by atoms with Crippen LogP contribution in [0.3, 0.4) is 0 Å². The molecule has 2 aliphatic rings. The fourth-order valence-electron chi connectivity index (χ4n) is 5.46. The van der Waals surface area contributed by atoms with Gasteiger partial charge in [0.1, 0.15) is 17.5 Å². The van der Waals surface area contributed by atoms with Crippen molar-refractivity contribution >= 4 is 16.8 Å². The van der Waals surface area contributed by atoms with Gasteiger partial charge in [-0.2, -0.15) is 0 Å². The fourth-order valence-corrected chi connectivity index (χ4v) is 5.46. The number of rotatable bonds is 6. The molecule has 5 heteroatoms. The van der Waals surface area contributed by atoms with Gasteiger partial charge in [-0.15, -0.1) is 0 Å². The summed E-state index contributed by atoms with van der Waals surface area (Å²) in [6.07, 6.45) is 5.63. The molecule has 2 saturated heterocycles. The number of piperidine rings is 2. The molecular weight excluding hydrogens is 422 g/mol. The van der Waals surface area contributed by atoms with Gasteiger partial charge in [-0.25, -0.2) is 0 Å². The number of hydrogen-bond donors (Lipinski definition) is 1. The molecule has 2 fully saturated rings. The molecule has 180 valence electrons.